The zero-order valence-corrected chi connectivity index (χ0v) is 51.0. The van der Waals surface area contributed by atoms with Gasteiger partial charge in [0, 0.05) is 19.3 Å². The Balaban J connectivity index is 4.41. The Kier molecular flexibility index (Phi) is 62.2. The largest absolute Gasteiger partial charge is 0.462 e. The van der Waals surface area contributed by atoms with Gasteiger partial charge >= 0.3 is 17.9 Å². The molecule has 0 rings (SSSR count). The Morgan fingerprint density at radius 1 is 0.273 bits per heavy atom. The summed E-state index contributed by atoms with van der Waals surface area (Å²) in [6.07, 6.45) is 85.8. The molecule has 0 heterocycles. The third-order valence-electron chi connectivity index (χ3n) is 14.4. The molecular formula is C71H124O6. The zero-order valence-electron chi connectivity index (χ0n) is 51.0. The highest BCUT2D eigenvalue weighted by molar-refractivity contribution is 5.71. The molecule has 77 heavy (non-hydrogen) atoms. The van der Waals surface area contributed by atoms with Crippen molar-refractivity contribution >= 4 is 17.9 Å². The lowest BCUT2D eigenvalue weighted by molar-refractivity contribution is -0.167. The van der Waals surface area contributed by atoms with E-state index in [1.165, 1.54) is 180 Å². The van der Waals surface area contributed by atoms with Crippen LogP contribution in [0.1, 0.15) is 329 Å². The smallest absolute Gasteiger partial charge is 0.306 e. The van der Waals surface area contributed by atoms with Gasteiger partial charge in [0.1, 0.15) is 13.2 Å². The average molecular weight is 1070 g/mol. The molecule has 0 aromatic carbocycles. The summed E-state index contributed by atoms with van der Waals surface area (Å²) in [5.74, 6) is -0.894. The number of carbonyl (C=O) groups excluding carboxylic acids is 3. The number of unbranched alkanes of at least 4 members (excludes halogenated alkanes) is 35. The molecule has 0 bridgehead atoms. The van der Waals surface area contributed by atoms with Crippen LogP contribution < -0.4 is 0 Å². The first-order valence-corrected chi connectivity index (χ1v) is 33.1. The van der Waals surface area contributed by atoms with Gasteiger partial charge in [-0.1, -0.05) is 298 Å². The number of hydrogen-bond donors (Lipinski definition) is 0. The zero-order chi connectivity index (χ0) is 55.7. The van der Waals surface area contributed by atoms with Crippen molar-refractivity contribution in [1.29, 1.82) is 0 Å². The second kappa shape index (κ2) is 65.1. The second-order valence-corrected chi connectivity index (χ2v) is 22.0. The minimum Gasteiger partial charge on any atom is -0.462 e. The third kappa shape index (κ3) is 63.3. The summed E-state index contributed by atoms with van der Waals surface area (Å²) in [6.45, 7) is 6.55. The van der Waals surface area contributed by atoms with E-state index in [0.717, 1.165) is 109 Å². The Labute approximate surface area is 477 Å². The van der Waals surface area contributed by atoms with Crippen molar-refractivity contribution in [3.8, 4) is 0 Å². The maximum Gasteiger partial charge on any atom is 0.306 e. The van der Waals surface area contributed by atoms with Crippen LogP contribution in [0.15, 0.2) is 85.1 Å². The van der Waals surface area contributed by atoms with Crippen molar-refractivity contribution in [2.75, 3.05) is 13.2 Å². The Morgan fingerprint density at radius 3 is 0.805 bits per heavy atom. The summed E-state index contributed by atoms with van der Waals surface area (Å²) in [4.78, 5) is 38.4. The van der Waals surface area contributed by atoms with Gasteiger partial charge in [-0.15, -0.1) is 0 Å². The normalized spacial score (nSPS) is 12.6. The van der Waals surface area contributed by atoms with Gasteiger partial charge in [0.15, 0.2) is 6.10 Å². The van der Waals surface area contributed by atoms with Gasteiger partial charge in [0.25, 0.3) is 0 Å². The summed E-state index contributed by atoms with van der Waals surface area (Å²) in [6, 6.07) is 0. The van der Waals surface area contributed by atoms with Gasteiger partial charge in [-0.25, -0.2) is 0 Å². The quantitative estimate of drug-likeness (QED) is 0.0261. The lowest BCUT2D eigenvalue weighted by Crippen LogP contribution is -2.30. The van der Waals surface area contributed by atoms with Crippen molar-refractivity contribution in [3.05, 3.63) is 85.1 Å². The molecule has 0 saturated carbocycles. The molecular weight excluding hydrogens is 949 g/mol. The molecule has 0 saturated heterocycles. The predicted octanol–water partition coefficient (Wildman–Crippen LogP) is 22.7. The van der Waals surface area contributed by atoms with E-state index in [4.69, 9.17) is 14.2 Å². The molecule has 6 nitrogen and oxygen atoms in total. The molecule has 0 radical (unpaired) electrons. The molecule has 0 aliphatic heterocycles. The topological polar surface area (TPSA) is 78.9 Å². The molecule has 0 aromatic heterocycles. The van der Waals surface area contributed by atoms with Crippen molar-refractivity contribution < 1.29 is 28.6 Å². The summed E-state index contributed by atoms with van der Waals surface area (Å²) in [7, 11) is 0. The van der Waals surface area contributed by atoms with Crippen molar-refractivity contribution in [3.63, 3.8) is 0 Å². The van der Waals surface area contributed by atoms with E-state index >= 15 is 0 Å². The number of esters is 3. The number of hydrogen-bond acceptors (Lipinski definition) is 6. The molecule has 6 heteroatoms. The van der Waals surface area contributed by atoms with E-state index < -0.39 is 6.10 Å². The van der Waals surface area contributed by atoms with Gasteiger partial charge in [-0.05, 0) is 96.3 Å². The Bertz CT molecular complexity index is 1470. The van der Waals surface area contributed by atoms with E-state index in [1.54, 1.807) is 0 Å². The maximum absolute atomic E-state index is 12.9. The molecule has 1 atom stereocenters. The molecule has 1 unspecified atom stereocenters. The first-order chi connectivity index (χ1) is 38.0. The van der Waals surface area contributed by atoms with Crippen LogP contribution in [0.3, 0.4) is 0 Å². The van der Waals surface area contributed by atoms with Crippen LogP contribution in [0, 0.1) is 0 Å². The van der Waals surface area contributed by atoms with Crippen molar-refractivity contribution in [2.24, 2.45) is 0 Å². The van der Waals surface area contributed by atoms with Crippen molar-refractivity contribution in [2.45, 2.75) is 335 Å². The van der Waals surface area contributed by atoms with Gasteiger partial charge in [0.2, 0.25) is 0 Å². The third-order valence-corrected chi connectivity index (χ3v) is 14.4. The fraction of sp³-hybridized carbons (Fsp3) is 0.761. The van der Waals surface area contributed by atoms with Gasteiger partial charge in [-0.2, -0.15) is 0 Å². The van der Waals surface area contributed by atoms with Crippen LogP contribution in [0.5, 0.6) is 0 Å². The number of carbonyl (C=O) groups is 3. The lowest BCUT2D eigenvalue weighted by Gasteiger charge is -2.18. The maximum atomic E-state index is 12.9. The van der Waals surface area contributed by atoms with E-state index in [9.17, 15) is 14.4 Å². The Hall–Kier alpha value is -3.41. The van der Waals surface area contributed by atoms with E-state index in [1.807, 2.05) is 0 Å². The summed E-state index contributed by atoms with van der Waals surface area (Å²) >= 11 is 0. The predicted molar refractivity (Wildman–Crippen MR) is 334 cm³/mol. The molecule has 0 fully saturated rings. The molecule has 0 aliphatic carbocycles. The monoisotopic (exact) mass is 1070 g/mol. The van der Waals surface area contributed by atoms with Gasteiger partial charge in [0.05, 0.1) is 0 Å². The highest BCUT2D eigenvalue weighted by Crippen LogP contribution is 2.17. The van der Waals surface area contributed by atoms with Crippen LogP contribution in [0.25, 0.3) is 0 Å². The lowest BCUT2D eigenvalue weighted by atomic mass is 10.0. The first kappa shape index (κ1) is 73.6. The standard InChI is InChI=1S/C71H124O6/c1-4-7-10-13-16-19-22-25-28-31-33-34-35-36-38-40-43-46-49-52-55-58-61-64-70(73)76-67-68(66-75-69(72)63-60-57-54-51-48-45-42-39-30-27-24-21-18-15-12-9-6-3)77-71(74)65-62-59-56-53-50-47-44-41-37-32-29-26-23-20-17-14-11-8-5-2/h7,10,16,19,25-26,28-29,33-34,36,38,43,46,68H,4-6,8-9,11-15,17-18,20-24,27,30-32,35,37,39-42,44-45,47-67H2,1-3H3/b10-7-,19-16-,28-25-,29-26-,34-33-,38-36-,46-43-. The molecule has 0 N–H and O–H groups in total. The molecule has 0 aliphatic rings. The molecule has 0 spiro atoms. The fourth-order valence-electron chi connectivity index (χ4n) is 9.44. The van der Waals surface area contributed by atoms with Gasteiger partial charge < -0.3 is 14.2 Å². The minimum absolute atomic E-state index is 0.0824. The number of rotatable bonds is 60. The van der Waals surface area contributed by atoms with Crippen LogP contribution in [-0.2, 0) is 28.6 Å². The van der Waals surface area contributed by atoms with Crippen LogP contribution in [0.2, 0.25) is 0 Å². The average Bonchev–Trinajstić information content (AvgIpc) is 3.43. The van der Waals surface area contributed by atoms with Gasteiger partial charge in [-0.3, -0.25) is 14.4 Å². The van der Waals surface area contributed by atoms with Crippen LogP contribution in [-0.4, -0.2) is 37.2 Å². The SMILES string of the molecule is CC/C=C\C/C=C\C/C=C\C/C=C\C/C=C\C/C=C\CCCCCCC(=O)OCC(COC(=O)CCCCCCCCCCCCCCCCCCC)OC(=O)CCCCCCCCCCC/C=C\CCCCCCCC. The molecule has 0 amide bonds. The minimum atomic E-state index is -0.789. The van der Waals surface area contributed by atoms with E-state index in [2.05, 4.69) is 106 Å². The molecule has 444 valence electrons. The summed E-state index contributed by atoms with van der Waals surface area (Å²) in [5, 5.41) is 0. The fourth-order valence-corrected chi connectivity index (χ4v) is 9.44. The number of ether oxygens (including phenoxy) is 3. The van der Waals surface area contributed by atoms with E-state index in [-0.39, 0.29) is 31.1 Å². The first-order valence-electron chi connectivity index (χ1n) is 33.1. The highest BCUT2D eigenvalue weighted by atomic mass is 16.6. The van der Waals surface area contributed by atoms with Crippen LogP contribution >= 0.6 is 0 Å². The summed E-state index contributed by atoms with van der Waals surface area (Å²) in [5.41, 5.74) is 0. The Morgan fingerprint density at radius 2 is 0.506 bits per heavy atom. The highest BCUT2D eigenvalue weighted by Gasteiger charge is 2.19. The second-order valence-electron chi connectivity index (χ2n) is 22.0. The van der Waals surface area contributed by atoms with Crippen LogP contribution in [0.4, 0.5) is 0 Å². The number of allylic oxidation sites excluding steroid dienone is 14. The summed E-state index contributed by atoms with van der Waals surface area (Å²) < 4.78 is 17.0. The van der Waals surface area contributed by atoms with E-state index in [0.29, 0.717) is 19.3 Å². The van der Waals surface area contributed by atoms with Crippen molar-refractivity contribution in [1.82, 2.24) is 0 Å². The molecule has 0 aromatic rings.